The van der Waals surface area contributed by atoms with Gasteiger partial charge in [-0.2, -0.15) is 16.8 Å². The van der Waals surface area contributed by atoms with Crippen LogP contribution in [0.5, 0.6) is 34.5 Å². The molecule has 0 amide bonds. The number of hydrogen-bond acceptors (Lipinski definition) is 21. The predicted molar refractivity (Wildman–Crippen MR) is 243 cm³/mol. The van der Waals surface area contributed by atoms with Gasteiger partial charge in [-0.05, 0) is 120 Å². The van der Waals surface area contributed by atoms with E-state index in [2.05, 4.69) is 0 Å². The number of hydrogen-bond donors (Lipinski definition) is 5. The minimum absolute atomic E-state index is 0.0127. The summed E-state index contributed by atoms with van der Waals surface area (Å²) >= 11 is 0. The fraction of sp³-hybridized carbons (Fsp3) is 0.0426. The maximum atomic E-state index is 13.4. The number of ether oxygens (including phenoxy) is 3. The summed E-state index contributed by atoms with van der Waals surface area (Å²) < 4.78 is 107. The number of nitrogens with one attached hydrogen (secondary N) is 3. The third-order valence-electron chi connectivity index (χ3n) is 11.7. The van der Waals surface area contributed by atoms with Crippen LogP contribution in [0.4, 0.5) is 0 Å². The number of benzene rings is 6. The molecule has 356 valence electrons. The Morgan fingerprint density at radius 1 is 0.451 bits per heavy atom. The molecule has 4 aliphatic rings. The van der Waals surface area contributed by atoms with Crippen LogP contribution in [0.1, 0.15) is 53.3 Å². The van der Waals surface area contributed by atoms with Crippen molar-refractivity contribution in [1.82, 2.24) is 0 Å². The molecule has 0 radical (unpaired) electrons. The molecule has 6 aromatic carbocycles. The van der Waals surface area contributed by atoms with Gasteiger partial charge < -0.3 is 26.8 Å². The largest absolute Gasteiger partial charge is 0.421 e. The van der Waals surface area contributed by atoms with Gasteiger partial charge in [0.05, 0.1) is 21.6 Å². The minimum atomic E-state index is -4.62. The van der Waals surface area contributed by atoms with E-state index in [-0.39, 0.29) is 62.5 Å². The highest BCUT2D eigenvalue weighted by atomic mass is 32.3. The summed E-state index contributed by atoms with van der Waals surface area (Å²) in [5.41, 5.74) is -2.48. The maximum Gasteiger partial charge on any atom is 0.365 e. The summed E-state index contributed by atoms with van der Waals surface area (Å²) in [5.74, 6) is -7.55. The molecule has 0 saturated carbocycles. The van der Waals surface area contributed by atoms with E-state index >= 15 is 0 Å². The third-order valence-corrected chi connectivity index (χ3v) is 15.5. The number of esters is 3. The first-order valence-corrected chi connectivity index (χ1v) is 24.5. The maximum absolute atomic E-state index is 13.4. The van der Waals surface area contributed by atoms with Gasteiger partial charge in [-0.15, -0.1) is 0 Å². The van der Waals surface area contributed by atoms with Gasteiger partial charge >= 0.3 is 38.1 Å². The van der Waals surface area contributed by atoms with Crippen LogP contribution < -0.4 is 26.8 Å². The first-order valence-electron chi connectivity index (χ1n) is 20.3. The molecule has 3 aliphatic heterocycles. The average molecular weight is 1020 g/mol. The zero-order valence-electron chi connectivity index (χ0n) is 35.4. The van der Waals surface area contributed by atoms with Gasteiger partial charge in [-0.25, -0.2) is 14.4 Å². The molecule has 6 aromatic rings. The molecule has 0 fully saturated rings. The van der Waals surface area contributed by atoms with Crippen LogP contribution in [0.3, 0.4) is 0 Å². The molecule has 71 heavy (non-hydrogen) atoms. The molecular formula is C47H27N3O18S3. The first-order chi connectivity index (χ1) is 33.6. The molecule has 21 nitrogen and oxygen atoms in total. The quantitative estimate of drug-likeness (QED) is 0.0600. The van der Waals surface area contributed by atoms with E-state index in [1.165, 1.54) is 48.5 Å². The van der Waals surface area contributed by atoms with Gasteiger partial charge in [0.2, 0.25) is 17.3 Å². The molecule has 0 spiro atoms. The molecule has 0 atom stereocenters. The Hall–Kier alpha value is -8.68. The number of Topliss-reactive ketones (excluding diaryl/α,β-unsaturated/α-hetero) is 3. The molecular weight excluding hydrogens is 991 g/mol. The number of fused-ring (bicyclic) bond motifs is 4. The van der Waals surface area contributed by atoms with Crippen LogP contribution in [0.15, 0.2) is 136 Å². The van der Waals surface area contributed by atoms with Crippen molar-refractivity contribution >= 4 is 83.5 Å². The molecule has 3 heterocycles. The van der Waals surface area contributed by atoms with Crippen molar-refractivity contribution in [2.75, 3.05) is 0 Å². The lowest BCUT2D eigenvalue weighted by molar-refractivity contribution is -0.128. The Kier molecular flexibility index (Phi) is 10.5. The first kappa shape index (κ1) is 46.1. The van der Waals surface area contributed by atoms with Crippen LogP contribution in [0.2, 0.25) is 0 Å². The van der Waals surface area contributed by atoms with E-state index in [9.17, 15) is 54.7 Å². The second kappa shape index (κ2) is 16.2. The Bertz CT molecular complexity index is 3590. The van der Waals surface area contributed by atoms with Gasteiger partial charge in [-0.3, -0.25) is 39.7 Å². The fourth-order valence-corrected chi connectivity index (χ4v) is 11.1. The van der Waals surface area contributed by atoms with E-state index in [4.69, 9.17) is 43.0 Å². The standard InChI is InChI=1S/C47H27N3O18S3/c48-38-41(51)31-18-28(10-14-35(31)63-44(38)54)69(57,58)66-25-5-1-23(2-6-25)47(24-3-7-26(8-4-24)67-70(59,60)29-11-15-36-32(19-29)42(52)39(49)45(55)64-36)21-22-17-27(9-13-34(22)47)68-71(61,62)30-12-16-37-33(20-30)43(53)40(50)46(56)65-37/h1-20,48-50,61-62H,21H2. The molecule has 0 unspecified atom stereocenters. The van der Waals surface area contributed by atoms with E-state index in [0.717, 1.165) is 42.5 Å². The molecule has 10 rings (SSSR count). The number of ketones is 3. The Balaban J connectivity index is 0.956. The van der Waals surface area contributed by atoms with Crippen molar-refractivity contribution in [1.29, 1.82) is 16.2 Å². The normalized spacial score (nSPS) is 17.6. The summed E-state index contributed by atoms with van der Waals surface area (Å²) in [7, 11) is -13.4. The molecule has 5 N–H and O–H groups in total. The zero-order chi connectivity index (χ0) is 50.5. The Labute approximate surface area is 400 Å². The minimum Gasteiger partial charge on any atom is -0.421 e. The Morgan fingerprint density at radius 3 is 1.21 bits per heavy atom. The highest BCUT2D eigenvalue weighted by molar-refractivity contribution is 8.20. The summed E-state index contributed by atoms with van der Waals surface area (Å²) in [5, 5.41) is 23.0. The summed E-state index contributed by atoms with van der Waals surface area (Å²) in [6.45, 7) is 0. The lowest BCUT2D eigenvalue weighted by Gasteiger charge is -2.45. The van der Waals surface area contributed by atoms with Crippen LogP contribution >= 0.6 is 10.9 Å². The van der Waals surface area contributed by atoms with Crippen LogP contribution in [0.25, 0.3) is 0 Å². The van der Waals surface area contributed by atoms with Gasteiger partial charge in [0.25, 0.3) is 0 Å². The number of rotatable bonds is 11. The summed E-state index contributed by atoms with van der Waals surface area (Å²) in [6.07, 6.45) is 0.183. The number of carbonyl (C=O) groups is 6. The van der Waals surface area contributed by atoms with Gasteiger partial charge in [0, 0.05) is 5.41 Å². The van der Waals surface area contributed by atoms with Gasteiger partial charge in [0.15, 0.2) is 28.0 Å². The number of carbonyl (C=O) groups excluding carboxylic acids is 6. The monoisotopic (exact) mass is 1020 g/mol. The highest BCUT2D eigenvalue weighted by Crippen LogP contribution is 2.55. The van der Waals surface area contributed by atoms with Crippen molar-refractivity contribution in [3.63, 3.8) is 0 Å². The second-order valence-corrected chi connectivity index (χ2v) is 20.6. The van der Waals surface area contributed by atoms with Gasteiger partial charge in [-0.1, -0.05) is 30.3 Å². The second-order valence-electron chi connectivity index (χ2n) is 15.9. The van der Waals surface area contributed by atoms with Crippen molar-refractivity contribution in [3.8, 4) is 34.5 Å². The topological polar surface area (TPSA) is 338 Å². The molecule has 0 bridgehead atoms. The third kappa shape index (κ3) is 7.71. The highest BCUT2D eigenvalue weighted by Gasteiger charge is 2.46. The molecule has 0 saturated heterocycles. The van der Waals surface area contributed by atoms with E-state index < -0.39 is 98.7 Å². The molecule has 1 aliphatic carbocycles. The van der Waals surface area contributed by atoms with E-state index in [1.54, 1.807) is 30.3 Å². The lowest BCUT2D eigenvalue weighted by atomic mass is 9.57. The van der Waals surface area contributed by atoms with E-state index in [1.807, 2.05) is 0 Å². The molecule has 24 heteroatoms. The summed E-state index contributed by atoms with van der Waals surface area (Å²) in [4.78, 5) is 72.0. The van der Waals surface area contributed by atoms with Crippen molar-refractivity contribution in [2.45, 2.75) is 26.5 Å². The smallest absolute Gasteiger partial charge is 0.365 e. The predicted octanol–water partition coefficient (Wildman–Crippen LogP) is 5.58. The fourth-order valence-electron chi connectivity index (χ4n) is 8.20. The van der Waals surface area contributed by atoms with Crippen molar-refractivity contribution < 1.29 is 81.5 Å². The molecule has 0 aromatic heterocycles. The average Bonchev–Trinajstić information content (AvgIpc) is 3.33. The van der Waals surface area contributed by atoms with Crippen molar-refractivity contribution in [3.05, 3.63) is 160 Å². The van der Waals surface area contributed by atoms with E-state index in [0.29, 0.717) is 22.3 Å². The SMILES string of the molecule is N=C1C(=O)Oc2ccc(S(O)(O)Oc3ccc4c(c3)CC4(c3ccc(OS(=O)(=O)c4ccc5c(c4)C(=O)C(=N)C(=O)O5)cc3)c3ccc(OS(=O)(=O)c4ccc5c(c4)C(=O)C(=N)C(=O)O5)cc3)cc2C1=O. The lowest BCUT2D eigenvalue weighted by Crippen LogP contribution is -2.41. The summed E-state index contributed by atoms with van der Waals surface area (Å²) in [6, 6.07) is 25.9. The van der Waals surface area contributed by atoms with Crippen LogP contribution in [-0.4, -0.2) is 78.3 Å². The van der Waals surface area contributed by atoms with Crippen LogP contribution in [-0.2, 0) is 46.5 Å². The van der Waals surface area contributed by atoms with Gasteiger partial charge in [0.1, 0.15) is 44.3 Å². The Morgan fingerprint density at radius 2 is 0.817 bits per heavy atom. The van der Waals surface area contributed by atoms with Crippen LogP contribution in [0, 0.1) is 16.2 Å². The van der Waals surface area contributed by atoms with Crippen molar-refractivity contribution in [2.24, 2.45) is 0 Å². The zero-order valence-corrected chi connectivity index (χ0v) is 37.9.